The number of amides is 1. The van der Waals surface area contributed by atoms with E-state index in [-0.39, 0.29) is 21.7 Å². The molecule has 3 rings (SSSR count). The van der Waals surface area contributed by atoms with Crippen molar-refractivity contribution in [2.24, 2.45) is 0 Å². The molecule has 0 saturated carbocycles. The first-order chi connectivity index (χ1) is 14.6. The van der Waals surface area contributed by atoms with E-state index in [4.69, 9.17) is 4.74 Å². The van der Waals surface area contributed by atoms with Crippen LogP contribution in [0, 0.1) is 0 Å². The van der Waals surface area contributed by atoms with Gasteiger partial charge in [0.05, 0.1) is 10.3 Å². The zero-order valence-corrected chi connectivity index (χ0v) is 17.8. The van der Waals surface area contributed by atoms with Gasteiger partial charge < -0.3 is 10.1 Å². The summed E-state index contributed by atoms with van der Waals surface area (Å²) in [7, 11) is -0.876. The molecule has 2 aromatic carbocycles. The molecule has 0 fully saturated rings. The molecule has 1 heterocycles. The fraction of sp³-hybridized carbons (Fsp3) is 0.200. The quantitative estimate of drug-likeness (QED) is 0.547. The fourth-order valence-corrected chi connectivity index (χ4v) is 3.68. The van der Waals surface area contributed by atoms with Gasteiger partial charge in [0.1, 0.15) is 0 Å². The number of nitrogens with one attached hydrogen (secondary N) is 2. The molecule has 0 bridgehead atoms. The number of H-pyrrole nitrogens is 1. The number of hydrogen-bond acceptors (Lipinski definition) is 7. The Kier molecular flexibility index (Phi) is 6.18. The summed E-state index contributed by atoms with van der Waals surface area (Å²) in [6.07, 6.45) is -1.21. The normalized spacial score (nSPS) is 12.5. The van der Waals surface area contributed by atoms with Crippen molar-refractivity contribution in [3.05, 3.63) is 64.6 Å². The molecule has 31 heavy (non-hydrogen) atoms. The van der Waals surface area contributed by atoms with Crippen LogP contribution in [0.4, 0.5) is 5.69 Å². The van der Waals surface area contributed by atoms with Crippen molar-refractivity contribution in [1.82, 2.24) is 14.5 Å². The fourth-order valence-electron chi connectivity index (χ4n) is 2.73. The van der Waals surface area contributed by atoms with Crippen LogP contribution in [0.15, 0.2) is 58.2 Å². The number of carbonyl (C=O) groups is 2. The molecule has 0 aliphatic carbocycles. The van der Waals surface area contributed by atoms with E-state index in [9.17, 15) is 22.8 Å². The Morgan fingerprint density at radius 2 is 1.77 bits per heavy atom. The van der Waals surface area contributed by atoms with Gasteiger partial charge in [0, 0.05) is 25.2 Å². The molecule has 11 heteroatoms. The lowest BCUT2D eigenvalue weighted by Crippen LogP contribution is -2.31. The molecular weight excluding hydrogens is 424 g/mol. The van der Waals surface area contributed by atoms with E-state index in [1.165, 1.54) is 51.4 Å². The van der Waals surface area contributed by atoms with Gasteiger partial charge in [-0.15, -0.1) is 0 Å². The molecular formula is C20H20N4O6S. The van der Waals surface area contributed by atoms with Gasteiger partial charge in [0.2, 0.25) is 10.0 Å². The summed E-state index contributed by atoms with van der Waals surface area (Å²) in [6, 6.07) is 12.1. The zero-order valence-electron chi connectivity index (χ0n) is 16.9. The maximum atomic E-state index is 12.5. The van der Waals surface area contributed by atoms with Crippen molar-refractivity contribution in [3.8, 4) is 0 Å². The number of hydrogen-bond donors (Lipinski definition) is 2. The van der Waals surface area contributed by atoms with Crippen molar-refractivity contribution in [2.45, 2.75) is 17.9 Å². The van der Waals surface area contributed by atoms with Gasteiger partial charge in [0.25, 0.3) is 11.5 Å². The molecule has 0 aliphatic heterocycles. The van der Waals surface area contributed by atoms with Crippen LogP contribution in [-0.4, -0.2) is 55.0 Å². The van der Waals surface area contributed by atoms with Crippen molar-refractivity contribution in [2.75, 3.05) is 19.4 Å². The van der Waals surface area contributed by atoms with E-state index < -0.39 is 33.6 Å². The summed E-state index contributed by atoms with van der Waals surface area (Å²) < 4.78 is 30.7. The molecule has 2 N–H and O–H groups in total. The monoisotopic (exact) mass is 444 g/mol. The number of aromatic nitrogens is 2. The maximum Gasteiger partial charge on any atom is 0.360 e. The van der Waals surface area contributed by atoms with Gasteiger partial charge in [-0.2, -0.15) is 5.10 Å². The van der Waals surface area contributed by atoms with Crippen molar-refractivity contribution in [1.29, 1.82) is 0 Å². The lowest BCUT2D eigenvalue weighted by molar-refractivity contribution is -0.123. The van der Waals surface area contributed by atoms with Gasteiger partial charge in [-0.1, -0.05) is 24.3 Å². The molecule has 0 spiro atoms. The summed E-state index contributed by atoms with van der Waals surface area (Å²) in [5.41, 5.74) is -0.358. The first-order valence-corrected chi connectivity index (χ1v) is 10.6. The van der Waals surface area contributed by atoms with E-state index in [2.05, 4.69) is 15.5 Å². The Bertz CT molecular complexity index is 1320. The number of carbonyl (C=O) groups excluding carboxylic acids is 2. The largest absolute Gasteiger partial charge is 0.448 e. The van der Waals surface area contributed by atoms with Gasteiger partial charge in [-0.05, 0) is 31.2 Å². The minimum atomic E-state index is -3.68. The van der Waals surface area contributed by atoms with Crippen LogP contribution >= 0.6 is 0 Å². The smallest absolute Gasteiger partial charge is 0.360 e. The number of sulfonamides is 1. The summed E-state index contributed by atoms with van der Waals surface area (Å²) in [5.74, 6) is -1.56. The van der Waals surface area contributed by atoms with Crippen LogP contribution in [0.1, 0.15) is 17.4 Å². The third-order valence-corrected chi connectivity index (χ3v) is 6.23. The minimum absolute atomic E-state index is 0.00357. The van der Waals surface area contributed by atoms with Crippen LogP contribution in [0.5, 0.6) is 0 Å². The van der Waals surface area contributed by atoms with E-state index in [1.54, 1.807) is 18.2 Å². The predicted molar refractivity (Wildman–Crippen MR) is 113 cm³/mol. The highest BCUT2D eigenvalue weighted by Gasteiger charge is 2.23. The van der Waals surface area contributed by atoms with E-state index in [1.807, 2.05) is 0 Å². The first-order valence-electron chi connectivity index (χ1n) is 9.13. The summed E-state index contributed by atoms with van der Waals surface area (Å²) in [5, 5.41) is 9.05. The van der Waals surface area contributed by atoms with Crippen LogP contribution in [0.25, 0.3) is 10.8 Å². The Labute approximate surface area is 177 Å². The highest BCUT2D eigenvalue weighted by molar-refractivity contribution is 7.89. The number of aromatic amines is 1. The molecule has 1 aromatic heterocycles. The van der Waals surface area contributed by atoms with E-state index >= 15 is 0 Å². The second-order valence-corrected chi connectivity index (χ2v) is 8.95. The minimum Gasteiger partial charge on any atom is -0.448 e. The second-order valence-electron chi connectivity index (χ2n) is 6.80. The van der Waals surface area contributed by atoms with Gasteiger partial charge in [-0.3, -0.25) is 9.59 Å². The zero-order chi connectivity index (χ0) is 22.8. The third kappa shape index (κ3) is 4.62. The van der Waals surface area contributed by atoms with Crippen LogP contribution in [0.2, 0.25) is 0 Å². The molecule has 1 atom stereocenters. The Morgan fingerprint density at radius 3 is 2.45 bits per heavy atom. The average Bonchev–Trinajstić information content (AvgIpc) is 2.74. The number of nitrogens with zero attached hydrogens (tertiary/aromatic N) is 2. The lowest BCUT2D eigenvalue weighted by atomic mass is 10.1. The molecule has 0 unspecified atom stereocenters. The van der Waals surface area contributed by atoms with Crippen molar-refractivity contribution >= 4 is 38.4 Å². The molecule has 0 aliphatic rings. The topological polar surface area (TPSA) is 139 Å². The van der Waals surface area contributed by atoms with E-state index in [0.717, 1.165) is 4.31 Å². The van der Waals surface area contributed by atoms with Crippen molar-refractivity contribution in [3.63, 3.8) is 0 Å². The molecule has 3 aromatic rings. The second kappa shape index (κ2) is 8.66. The standard InChI is InChI=1S/C20H20N4O6S/c1-12(18(25)21-13-7-6-8-14(11-13)31(28,29)24(2)3)30-20(27)17-15-9-4-5-10-16(15)19(26)23-22-17/h4-12H,1-3H3,(H,21,25)(H,23,26)/t12-/m0/s1. The Morgan fingerprint density at radius 1 is 1.10 bits per heavy atom. The number of benzene rings is 2. The van der Waals surface area contributed by atoms with Crippen LogP contribution in [-0.2, 0) is 19.6 Å². The predicted octanol–water partition coefficient (Wildman–Crippen LogP) is 1.36. The van der Waals surface area contributed by atoms with Gasteiger partial charge in [0.15, 0.2) is 11.8 Å². The number of anilines is 1. The summed E-state index contributed by atoms with van der Waals surface area (Å²) in [6.45, 7) is 1.36. The highest BCUT2D eigenvalue weighted by atomic mass is 32.2. The Hall–Kier alpha value is -3.57. The number of ether oxygens (including phenoxy) is 1. The highest BCUT2D eigenvalue weighted by Crippen LogP contribution is 2.19. The van der Waals surface area contributed by atoms with Gasteiger partial charge >= 0.3 is 5.97 Å². The third-order valence-electron chi connectivity index (χ3n) is 4.42. The average molecular weight is 444 g/mol. The van der Waals surface area contributed by atoms with Crippen molar-refractivity contribution < 1.29 is 22.7 Å². The number of rotatable bonds is 6. The molecule has 0 radical (unpaired) electrons. The summed E-state index contributed by atoms with van der Waals surface area (Å²) >= 11 is 0. The molecule has 1 amide bonds. The molecule has 0 saturated heterocycles. The van der Waals surface area contributed by atoms with E-state index in [0.29, 0.717) is 5.39 Å². The van der Waals surface area contributed by atoms with Crippen LogP contribution < -0.4 is 10.9 Å². The maximum absolute atomic E-state index is 12.5. The first kappa shape index (κ1) is 22.1. The van der Waals surface area contributed by atoms with Crippen LogP contribution in [0.3, 0.4) is 0 Å². The molecule has 162 valence electrons. The number of esters is 1. The molecule has 10 nitrogen and oxygen atoms in total. The van der Waals surface area contributed by atoms with Gasteiger partial charge in [-0.25, -0.2) is 22.6 Å². The summed E-state index contributed by atoms with van der Waals surface area (Å²) in [4.78, 5) is 36.8. The lowest BCUT2D eigenvalue weighted by Gasteiger charge is -2.15. The Balaban J connectivity index is 1.76. The SMILES string of the molecule is C[C@H](OC(=O)c1n[nH]c(=O)c2ccccc12)C(=O)Nc1cccc(S(=O)(=O)N(C)C)c1. The number of fused-ring (bicyclic) bond motifs is 1.